The van der Waals surface area contributed by atoms with Gasteiger partial charge in [0.2, 0.25) is 15.9 Å². The molecule has 0 N–H and O–H groups in total. The zero-order chi connectivity index (χ0) is 21.3. The maximum absolute atomic E-state index is 14.2. The Morgan fingerprint density at radius 1 is 1.03 bits per heavy atom. The number of carbonyl (C=O) groups is 1. The van der Waals surface area contributed by atoms with Crippen LogP contribution in [-0.2, 0) is 21.4 Å². The summed E-state index contributed by atoms with van der Waals surface area (Å²) >= 11 is 6.17. The number of hydrogen-bond acceptors (Lipinski definition) is 3. The molecule has 4 rings (SSSR count). The largest absolute Gasteiger partial charge is 0.335 e. The molecule has 0 spiro atoms. The SMILES string of the molecule is O=C(C1CCN(S(=O)(=O)c2ccccc2)CC1)N(Cc1c(F)cccc1Cl)C1CC1. The van der Waals surface area contributed by atoms with Crippen LogP contribution >= 0.6 is 11.6 Å². The van der Waals surface area contributed by atoms with Gasteiger partial charge < -0.3 is 4.90 Å². The van der Waals surface area contributed by atoms with Crippen molar-refractivity contribution in [2.75, 3.05) is 13.1 Å². The number of rotatable bonds is 6. The highest BCUT2D eigenvalue weighted by molar-refractivity contribution is 7.89. The van der Waals surface area contributed by atoms with E-state index < -0.39 is 15.8 Å². The van der Waals surface area contributed by atoms with Crippen molar-refractivity contribution in [2.45, 2.75) is 43.2 Å². The van der Waals surface area contributed by atoms with E-state index in [2.05, 4.69) is 0 Å². The van der Waals surface area contributed by atoms with Crippen molar-refractivity contribution in [1.29, 1.82) is 0 Å². The fraction of sp³-hybridized carbons (Fsp3) is 0.409. The molecule has 1 aliphatic heterocycles. The summed E-state index contributed by atoms with van der Waals surface area (Å²) in [5, 5.41) is 0.317. The molecule has 0 atom stereocenters. The highest BCUT2D eigenvalue weighted by atomic mass is 35.5. The summed E-state index contributed by atoms with van der Waals surface area (Å²) in [6.07, 6.45) is 2.72. The second-order valence-corrected chi connectivity index (χ2v) is 10.2. The summed E-state index contributed by atoms with van der Waals surface area (Å²) in [6.45, 7) is 0.747. The smallest absolute Gasteiger partial charge is 0.243 e. The van der Waals surface area contributed by atoms with Gasteiger partial charge in [-0.3, -0.25) is 4.79 Å². The van der Waals surface area contributed by atoms with Crippen LogP contribution in [0.2, 0.25) is 5.02 Å². The van der Waals surface area contributed by atoms with Crippen molar-refractivity contribution < 1.29 is 17.6 Å². The van der Waals surface area contributed by atoms with Gasteiger partial charge >= 0.3 is 0 Å². The second-order valence-electron chi connectivity index (χ2n) is 7.89. The van der Waals surface area contributed by atoms with Crippen molar-refractivity contribution in [3.63, 3.8) is 0 Å². The molecule has 1 saturated heterocycles. The van der Waals surface area contributed by atoms with E-state index in [4.69, 9.17) is 11.6 Å². The normalized spacial score (nSPS) is 18.3. The first-order chi connectivity index (χ1) is 14.4. The lowest BCUT2D eigenvalue weighted by Gasteiger charge is -2.34. The quantitative estimate of drug-likeness (QED) is 0.666. The van der Waals surface area contributed by atoms with Crippen LogP contribution in [0.5, 0.6) is 0 Å². The van der Waals surface area contributed by atoms with Crippen molar-refractivity contribution in [3.8, 4) is 0 Å². The number of halogens is 2. The molecular formula is C22H24ClFN2O3S. The molecule has 2 fully saturated rings. The van der Waals surface area contributed by atoms with Crippen LogP contribution in [0.4, 0.5) is 4.39 Å². The van der Waals surface area contributed by atoms with Gasteiger partial charge in [0.05, 0.1) is 11.4 Å². The van der Waals surface area contributed by atoms with Crippen LogP contribution in [0.15, 0.2) is 53.4 Å². The third-order valence-corrected chi connectivity index (χ3v) is 8.11. The third kappa shape index (κ3) is 4.38. The molecule has 1 heterocycles. The molecule has 2 aromatic carbocycles. The van der Waals surface area contributed by atoms with Gasteiger partial charge in [0.25, 0.3) is 0 Å². The van der Waals surface area contributed by atoms with E-state index in [1.165, 1.54) is 10.4 Å². The molecule has 0 radical (unpaired) electrons. The van der Waals surface area contributed by atoms with Gasteiger partial charge in [-0.25, -0.2) is 12.8 Å². The number of sulfonamides is 1. The van der Waals surface area contributed by atoms with Crippen LogP contribution in [0, 0.1) is 11.7 Å². The average molecular weight is 451 g/mol. The summed E-state index contributed by atoms with van der Waals surface area (Å²) in [7, 11) is -3.55. The minimum atomic E-state index is -3.55. The Bertz CT molecular complexity index is 1000. The Balaban J connectivity index is 1.44. The maximum atomic E-state index is 14.2. The number of piperidine rings is 1. The number of nitrogens with zero attached hydrogens (tertiary/aromatic N) is 2. The molecule has 2 aliphatic rings. The zero-order valence-electron chi connectivity index (χ0n) is 16.5. The maximum Gasteiger partial charge on any atom is 0.243 e. The molecule has 0 bridgehead atoms. The van der Waals surface area contributed by atoms with E-state index in [1.807, 2.05) is 0 Å². The first-order valence-electron chi connectivity index (χ1n) is 10.2. The molecule has 1 amide bonds. The number of carbonyl (C=O) groups excluding carboxylic acids is 1. The predicted octanol–water partition coefficient (Wildman–Crippen LogP) is 4.07. The van der Waals surface area contributed by atoms with Crippen LogP contribution in [0.1, 0.15) is 31.2 Å². The highest BCUT2D eigenvalue weighted by Crippen LogP contribution is 2.34. The van der Waals surface area contributed by atoms with E-state index >= 15 is 0 Å². The Hall–Kier alpha value is -1.96. The van der Waals surface area contributed by atoms with Crippen LogP contribution in [0.3, 0.4) is 0 Å². The van der Waals surface area contributed by atoms with Crippen molar-refractivity contribution in [1.82, 2.24) is 9.21 Å². The summed E-state index contributed by atoms with van der Waals surface area (Å²) in [4.78, 5) is 15.2. The molecular weight excluding hydrogens is 427 g/mol. The number of hydrogen-bond donors (Lipinski definition) is 0. The van der Waals surface area contributed by atoms with E-state index in [-0.39, 0.29) is 29.3 Å². The fourth-order valence-electron chi connectivity index (χ4n) is 3.95. The van der Waals surface area contributed by atoms with Crippen molar-refractivity contribution >= 4 is 27.5 Å². The topological polar surface area (TPSA) is 57.7 Å². The van der Waals surface area contributed by atoms with Gasteiger partial charge in [-0.15, -0.1) is 0 Å². The summed E-state index contributed by atoms with van der Waals surface area (Å²) < 4.78 is 41.3. The molecule has 1 aliphatic carbocycles. The molecule has 2 aromatic rings. The third-order valence-electron chi connectivity index (χ3n) is 5.85. The molecule has 1 saturated carbocycles. The zero-order valence-corrected chi connectivity index (χ0v) is 18.1. The van der Waals surface area contributed by atoms with Gasteiger partial charge in [0, 0.05) is 35.6 Å². The molecule has 5 nitrogen and oxygen atoms in total. The second kappa shape index (κ2) is 8.65. The van der Waals surface area contributed by atoms with Crippen molar-refractivity contribution in [2.24, 2.45) is 5.92 Å². The lowest BCUT2D eigenvalue weighted by molar-refractivity contribution is -0.138. The number of benzene rings is 2. The Morgan fingerprint density at radius 2 is 1.70 bits per heavy atom. The minimum Gasteiger partial charge on any atom is -0.335 e. The van der Waals surface area contributed by atoms with E-state index in [1.54, 1.807) is 47.4 Å². The minimum absolute atomic E-state index is 0.0337. The predicted molar refractivity (Wildman–Crippen MR) is 113 cm³/mol. The van der Waals surface area contributed by atoms with Crippen LogP contribution in [0.25, 0.3) is 0 Å². The molecule has 0 unspecified atom stereocenters. The molecule has 30 heavy (non-hydrogen) atoms. The first kappa shape index (κ1) is 21.3. The summed E-state index contributed by atoms with van der Waals surface area (Å²) in [5.74, 6) is -0.711. The van der Waals surface area contributed by atoms with Gasteiger partial charge in [-0.2, -0.15) is 4.31 Å². The van der Waals surface area contributed by atoms with E-state index in [0.29, 0.717) is 36.5 Å². The molecule has 160 valence electrons. The summed E-state index contributed by atoms with van der Waals surface area (Å²) in [6, 6.07) is 13.0. The van der Waals surface area contributed by atoms with Gasteiger partial charge in [0.15, 0.2) is 0 Å². The Morgan fingerprint density at radius 3 is 2.30 bits per heavy atom. The van der Waals surface area contributed by atoms with Gasteiger partial charge in [0.1, 0.15) is 5.82 Å². The van der Waals surface area contributed by atoms with Crippen LogP contribution in [-0.4, -0.2) is 42.7 Å². The standard InChI is InChI=1S/C22H24ClFN2O3S/c23-20-7-4-8-21(24)19(20)15-26(17-9-10-17)22(27)16-11-13-25(14-12-16)30(28,29)18-5-2-1-3-6-18/h1-8,16-17H,9-15H2. The Kier molecular flexibility index (Phi) is 6.14. The Labute approximate surface area is 181 Å². The van der Waals surface area contributed by atoms with Gasteiger partial charge in [-0.1, -0.05) is 35.9 Å². The monoisotopic (exact) mass is 450 g/mol. The average Bonchev–Trinajstić information content (AvgIpc) is 3.59. The number of amides is 1. The lowest BCUT2D eigenvalue weighted by Crippen LogP contribution is -2.45. The molecule has 8 heteroatoms. The van der Waals surface area contributed by atoms with Crippen molar-refractivity contribution in [3.05, 3.63) is 64.9 Å². The van der Waals surface area contributed by atoms with E-state index in [0.717, 1.165) is 12.8 Å². The first-order valence-corrected chi connectivity index (χ1v) is 12.0. The lowest BCUT2D eigenvalue weighted by atomic mass is 9.96. The molecule has 0 aromatic heterocycles. The van der Waals surface area contributed by atoms with Crippen LogP contribution < -0.4 is 0 Å². The highest BCUT2D eigenvalue weighted by Gasteiger charge is 2.39. The summed E-state index contributed by atoms with van der Waals surface area (Å²) in [5.41, 5.74) is 0.337. The van der Waals surface area contributed by atoms with E-state index in [9.17, 15) is 17.6 Å². The fourth-order valence-corrected chi connectivity index (χ4v) is 5.66. The van der Waals surface area contributed by atoms with Gasteiger partial charge in [-0.05, 0) is 49.9 Å².